The third kappa shape index (κ3) is 2.35. The summed E-state index contributed by atoms with van der Waals surface area (Å²) in [6, 6.07) is 1.95. The Hall–Kier alpha value is -1.13. The first-order valence-corrected chi connectivity index (χ1v) is 6.65. The number of rotatable bonds is 3. The van der Waals surface area contributed by atoms with Gasteiger partial charge in [0.15, 0.2) is 0 Å². The molecule has 1 aromatic rings. The van der Waals surface area contributed by atoms with E-state index in [1.807, 2.05) is 6.92 Å². The summed E-state index contributed by atoms with van der Waals surface area (Å²) in [5.41, 5.74) is 14.4. The van der Waals surface area contributed by atoms with Gasteiger partial charge >= 0.3 is 0 Å². The van der Waals surface area contributed by atoms with E-state index in [1.165, 1.54) is 12.8 Å². The summed E-state index contributed by atoms with van der Waals surface area (Å²) in [4.78, 5) is 6.68. The lowest BCUT2D eigenvalue weighted by molar-refractivity contribution is 0.124. The molecule has 2 rings (SSSR count). The zero-order valence-corrected chi connectivity index (χ0v) is 11.6. The molecule has 1 saturated heterocycles. The number of aromatic nitrogens is 1. The molecule has 4 N–H and O–H groups in total. The summed E-state index contributed by atoms with van der Waals surface area (Å²) in [6.45, 7) is 8.67. The highest BCUT2D eigenvalue weighted by Crippen LogP contribution is 2.33. The van der Waals surface area contributed by atoms with Crippen LogP contribution < -0.4 is 11.5 Å². The van der Waals surface area contributed by atoms with E-state index in [4.69, 9.17) is 11.5 Å². The largest absolute Gasteiger partial charge is 0.383 e. The summed E-state index contributed by atoms with van der Waals surface area (Å²) in [5, 5.41) is 0. The van der Waals surface area contributed by atoms with Crippen molar-refractivity contribution in [1.82, 2.24) is 9.88 Å². The van der Waals surface area contributed by atoms with E-state index in [1.54, 1.807) is 6.20 Å². The van der Waals surface area contributed by atoms with Gasteiger partial charge in [-0.2, -0.15) is 0 Å². The fourth-order valence-corrected chi connectivity index (χ4v) is 2.72. The van der Waals surface area contributed by atoms with Crippen LogP contribution in [0.1, 0.15) is 43.9 Å². The van der Waals surface area contributed by atoms with E-state index in [9.17, 15) is 0 Å². The number of nitrogens with two attached hydrogens (primary N) is 2. The molecule has 0 amide bonds. The van der Waals surface area contributed by atoms with Gasteiger partial charge in [0.2, 0.25) is 0 Å². The standard InChI is InChI=1S/C14H24N4/c1-10-8-11(13(16)17-9-10)12(15)14(2,3)18-6-4-5-7-18/h8-9,12H,4-7,15H2,1-3H3,(H2,16,17). The Bertz CT molecular complexity index is 422. The Kier molecular flexibility index (Phi) is 3.59. The lowest BCUT2D eigenvalue weighted by Gasteiger charge is -2.40. The number of aryl methyl sites for hydroxylation is 1. The molecule has 1 aliphatic heterocycles. The number of hydrogen-bond acceptors (Lipinski definition) is 4. The zero-order chi connectivity index (χ0) is 13.3. The lowest BCUT2D eigenvalue weighted by Crippen LogP contribution is -2.50. The van der Waals surface area contributed by atoms with Crippen molar-refractivity contribution < 1.29 is 0 Å². The minimum absolute atomic E-state index is 0.0832. The third-order valence-corrected chi connectivity index (χ3v) is 4.10. The molecule has 2 heterocycles. The molecule has 100 valence electrons. The molecule has 1 atom stereocenters. The predicted octanol–water partition coefficient (Wildman–Crippen LogP) is 1.85. The van der Waals surface area contributed by atoms with Gasteiger partial charge in [-0.3, -0.25) is 4.90 Å². The van der Waals surface area contributed by atoms with Crippen molar-refractivity contribution in [3.8, 4) is 0 Å². The number of likely N-dealkylation sites (tertiary alicyclic amines) is 1. The summed E-state index contributed by atoms with van der Waals surface area (Å²) < 4.78 is 0. The van der Waals surface area contributed by atoms with Gasteiger partial charge in [-0.05, 0) is 58.3 Å². The van der Waals surface area contributed by atoms with Crippen LogP contribution in [0.4, 0.5) is 5.82 Å². The molecule has 1 aromatic heterocycles. The van der Waals surface area contributed by atoms with Gasteiger partial charge in [0.25, 0.3) is 0 Å². The monoisotopic (exact) mass is 248 g/mol. The minimum Gasteiger partial charge on any atom is -0.383 e. The third-order valence-electron chi connectivity index (χ3n) is 4.10. The number of hydrogen-bond donors (Lipinski definition) is 2. The first-order valence-electron chi connectivity index (χ1n) is 6.65. The Morgan fingerprint density at radius 1 is 1.33 bits per heavy atom. The van der Waals surface area contributed by atoms with Gasteiger partial charge < -0.3 is 11.5 Å². The summed E-state index contributed by atoms with van der Waals surface area (Å²) in [5.74, 6) is 0.556. The molecule has 4 nitrogen and oxygen atoms in total. The molecule has 1 unspecified atom stereocenters. The van der Waals surface area contributed by atoms with E-state index in [2.05, 4.69) is 29.8 Å². The molecule has 0 spiro atoms. The predicted molar refractivity (Wildman–Crippen MR) is 75.2 cm³/mol. The second kappa shape index (κ2) is 4.86. The van der Waals surface area contributed by atoms with Gasteiger partial charge in [0, 0.05) is 17.3 Å². The number of anilines is 1. The maximum atomic E-state index is 6.46. The van der Waals surface area contributed by atoms with Crippen LogP contribution in [0.25, 0.3) is 0 Å². The summed E-state index contributed by atoms with van der Waals surface area (Å²) in [6.07, 6.45) is 4.31. The highest BCUT2D eigenvalue weighted by Gasteiger charge is 2.36. The average Bonchev–Trinajstić information content (AvgIpc) is 2.85. The van der Waals surface area contributed by atoms with E-state index < -0.39 is 0 Å². The molecule has 0 radical (unpaired) electrons. The lowest BCUT2D eigenvalue weighted by atomic mass is 9.87. The van der Waals surface area contributed by atoms with Crippen molar-refractivity contribution in [2.24, 2.45) is 5.73 Å². The fourth-order valence-electron chi connectivity index (χ4n) is 2.72. The van der Waals surface area contributed by atoms with Crippen LogP contribution in [0, 0.1) is 6.92 Å². The van der Waals surface area contributed by atoms with Crippen molar-refractivity contribution in [2.75, 3.05) is 18.8 Å². The quantitative estimate of drug-likeness (QED) is 0.856. The van der Waals surface area contributed by atoms with Gasteiger partial charge in [-0.1, -0.05) is 0 Å². The topological polar surface area (TPSA) is 68.2 Å². The van der Waals surface area contributed by atoms with Gasteiger partial charge in [-0.15, -0.1) is 0 Å². The number of pyridine rings is 1. The van der Waals surface area contributed by atoms with Crippen molar-refractivity contribution in [3.63, 3.8) is 0 Å². The molecule has 18 heavy (non-hydrogen) atoms. The highest BCUT2D eigenvalue weighted by molar-refractivity contribution is 5.44. The van der Waals surface area contributed by atoms with Crippen LogP contribution in [0.3, 0.4) is 0 Å². The van der Waals surface area contributed by atoms with E-state index in [0.717, 1.165) is 24.2 Å². The van der Waals surface area contributed by atoms with E-state index >= 15 is 0 Å². The second-order valence-corrected chi connectivity index (χ2v) is 5.81. The van der Waals surface area contributed by atoms with Gasteiger partial charge in [0.1, 0.15) is 5.82 Å². The average molecular weight is 248 g/mol. The Morgan fingerprint density at radius 2 is 1.94 bits per heavy atom. The van der Waals surface area contributed by atoms with Crippen LogP contribution in [0.15, 0.2) is 12.3 Å². The molecule has 0 bridgehead atoms. The minimum atomic E-state index is -0.108. The van der Waals surface area contributed by atoms with Gasteiger partial charge in [0.05, 0.1) is 6.04 Å². The maximum absolute atomic E-state index is 6.46. The van der Waals surface area contributed by atoms with E-state index in [0.29, 0.717) is 5.82 Å². The Morgan fingerprint density at radius 3 is 2.56 bits per heavy atom. The maximum Gasteiger partial charge on any atom is 0.128 e. The van der Waals surface area contributed by atoms with Crippen molar-refractivity contribution >= 4 is 5.82 Å². The van der Waals surface area contributed by atoms with E-state index in [-0.39, 0.29) is 11.6 Å². The Labute approximate surface area is 109 Å². The molecular weight excluding hydrogens is 224 g/mol. The Balaban J connectivity index is 2.28. The molecule has 1 aliphatic rings. The molecule has 4 heteroatoms. The van der Waals surface area contributed by atoms with Crippen molar-refractivity contribution in [3.05, 3.63) is 23.4 Å². The fraction of sp³-hybridized carbons (Fsp3) is 0.643. The normalized spacial score (nSPS) is 19.1. The van der Waals surface area contributed by atoms with Crippen LogP contribution >= 0.6 is 0 Å². The zero-order valence-electron chi connectivity index (χ0n) is 11.6. The molecule has 1 fully saturated rings. The second-order valence-electron chi connectivity index (χ2n) is 5.81. The molecule has 0 aliphatic carbocycles. The number of nitrogen functional groups attached to an aromatic ring is 1. The SMILES string of the molecule is Cc1cnc(N)c(C(N)C(C)(C)N2CCCC2)c1. The first kappa shape index (κ1) is 13.3. The van der Waals surface area contributed by atoms with Crippen molar-refractivity contribution in [1.29, 1.82) is 0 Å². The first-order chi connectivity index (χ1) is 8.43. The summed E-state index contributed by atoms with van der Waals surface area (Å²) in [7, 11) is 0. The van der Waals surface area contributed by atoms with Crippen LogP contribution in [0.2, 0.25) is 0 Å². The van der Waals surface area contributed by atoms with Crippen LogP contribution in [0.5, 0.6) is 0 Å². The molecule has 0 aromatic carbocycles. The summed E-state index contributed by atoms with van der Waals surface area (Å²) >= 11 is 0. The molecule has 0 saturated carbocycles. The number of nitrogens with zero attached hydrogens (tertiary/aromatic N) is 2. The smallest absolute Gasteiger partial charge is 0.128 e. The molecular formula is C14H24N4. The van der Waals surface area contributed by atoms with Gasteiger partial charge in [-0.25, -0.2) is 4.98 Å². The van der Waals surface area contributed by atoms with Crippen LogP contribution in [-0.2, 0) is 0 Å². The highest BCUT2D eigenvalue weighted by atomic mass is 15.2. The van der Waals surface area contributed by atoms with Crippen molar-refractivity contribution in [2.45, 2.75) is 45.2 Å². The van der Waals surface area contributed by atoms with Crippen LogP contribution in [-0.4, -0.2) is 28.5 Å².